The van der Waals surface area contributed by atoms with Crippen molar-refractivity contribution in [3.63, 3.8) is 0 Å². The molecule has 0 atom stereocenters. The molecule has 0 bridgehead atoms. The van der Waals surface area contributed by atoms with Crippen molar-refractivity contribution in [1.82, 2.24) is 25.1 Å². The number of hydrogen-bond acceptors (Lipinski definition) is 7. The van der Waals surface area contributed by atoms with Gasteiger partial charge in [-0.05, 0) is 24.5 Å². The van der Waals surface area contributed by atoms with Gasteiger partial charge in [-0.25, -0.2) is 14.4 Å². The first-order chi connectivity index (χ1) is 12.4. The van der Waals surface area contributed by atoms with Crippen molar-refractivity contribution >= 4 is 5.95 Å². The van der Waals surface area contributed by atoms with Gasteiger partial charge in [0, 0.05) is 18.6 Å². The van der Waals surface area contributed by atoms with Crippen LogP contribution in [0.4, 0.5) is 23.5 Å². The lowest BCUT2D eigenvalue weighted by Crippen LogP contribution is -2.20. The Hall–Kier alpha value is -3.11. The fourth-order valence-corrected chi connectivity index (χ4v) is 2.46. The molecule has 0 aromatic carbocycles. The molecule has 3 aromatic rings. The molecule has 0 saturated heterocycles. The van der Waals surface area contributed by atoms with E-state index in [4.69, 9.17) is 0 Å². The zero-order chi connectivity index (χ0) is 18.4. The van der Waals surface area contributed by atoms with Crippen LogP contribution in [-0.4, -0.2) is 25.1 Å². The molecule has 0 amide bonds. The average Bonchev–Trinajstić information content (AvgIpc) is 3.19. The van der Waals surface area contributed by atoms with Gasteiger partial charge in [0.2, 0.25) is 11.8 Å². The zero-order valence-corrected chi connectivity index (χ0v) is 13.0. The van der Waals surface area contributed by atoms with Crippen molar-refractivity contribution in [3.05, 3.63) is 48.1 Å². The van der Waals surface area contributed by atoms with Crippen molar-refractivity contribution in [3.8, 4) is 11.4 Å². The topological polar surface area (TPSA) is 89.6 Å². The number of pyridine rings is 1. The molecule has 3 heterocycles. The van der Waals surface area contributed by atoms with Gasteiger partial charge in [-0.15, -0.1) is 0 Å². The van der Waals surface area contributed by atoms with Crippen LogP contribution in [0.2, 0.25) is 0 Å². The number of rotatable bonds is 4. The number of hydrogen-bond donors (Lipinski definition) is 1. The molecule has 26 heavy (non-hydrogen) atoms. The van der Waals surface area contributed by atoms with Gasteiger partial charge in [0.15, 0.2) is 0 Å². The Morgan fingerprint density at radius 1 is 1.08 bits per heavy atom. The van der Waals surface area contributed by atoms with Crippen LogP contribution in [0.1, 0.15) is 24.3 Å². The Morgan fingerprint density at radius 3 is 2.38 bits per heavy atom. The van der Waals surface area contributed by atoms with E-state index in [-0.39, 0.29) is 17.3 Å². The largest absolute Gasteiger partial charge is 0.471 e. The highest BCUT2D eigenvalue weighted by molar-refractivity contribution is 5.53. The van der Waals surface area contributed by atoms with Gasteiger partial charge in [0.25, 0.3) is 0 Å². The van der Waals surface area contributed by atoms with Gasteiger partial charge in [0.1, 0.15) is 5.82 Å². The number of halogens is 4. The molecule has 134 valence electrons. The van der Waals surface area contributed by atoms with Crippen LogP contribution < -0.4 is 5.32 Å². The number of anilines is 1. The maximum atomic E-state index is 13.4. The zero-order valence-electron chi connectivity index (χ0n) is 13.0. The van der Waals surface area contributed by atoms with E-state index in [1.807, 2.05) is 0 Å². The molecule has 3 aromatic heterocycles. The van der Waals surface area contributed by atoms with Crippen LogP contribution >= 0.6 is 0 Å². The van der Waals surface area contributed by atoms with E-state index in [1.54, 1.807) is 6.20 Å². The summed E-state index contributed by atoms with van der Waals surface area (Å²) in [6.45, 7) is 0. The van der Waals surface area contributed by atoms with Gasteiger partial charge >= 0.3 is 12.1 Å². The smallest absolute Gasteiger partial charge is 0.345 e. The second kappa shape index (κ2) is 5.71. The second-order valence-corrected chi connectivity index (χ2v) is 5.82. The fourth-order valence-electron chi connectivity index (χ4n) is 2.46. The maximum Gasteiger partial charge on any atom is 0.471 e. The molecule has 0 radical (unpaired) electrons. The molecule has 1 N–H and O–H groups in total. The fraction of sp³-hybridized carbons (Fsp3) is 0.267. The van der Waals surface area contributed by atoms with Crippen LogP contribution in [0.15, 0.2) is 35.4 Å². The lowest BCUT2D eigenvalue weighted by Gasteiger charge is -2.17. The summed E-state index contributed by atoms with van der Waals surface area (Å²) in [5.41, 5.74) is 0.358. The molecule has 0 spiro atoms. The summed E-state index contributed by atoms with van der Waals surface area (Å²) in [6, 6.07) is 1.39. The van der Waals surface area contributed by atoms with E-state index in [2.05, 4.69) is 34.9 Å². The van der Waals surface area contributed by atoms with Crippen LogP contribution in [-0.2, 0) is 11.7 Å². The number of alkyl halides is 3. The molecule has 1 aliphatic carbocycles. The van der Waals surface area contributed by atoms with Gasteiger partial charge in [-0.3, -0.25) is 4.98 Å². The summed E-state index contributed by atoms with van der Waals surface area (Å²) in [7, 11) is 0. The standard InChI is InChI=1S/C15H10F4N6O/c16-10-3-9(6-20-7-10)14(1-2-14)24-13-21-4-8(5-22-13)11-23-12(26-25-11)15(17,18)19/h3-7H,1-2H2,(H,21,22,24). The van der Waals surface area contributed by atoms with Crippen molar-refractivity contribution in [1.29, 1.82) is 0 Å². The highest BCUT2D eigenvalue weighted by Crippen LogP contribution is 2.47. The minimum absolute atomic E-state index is 0.173. The molecule has 0 unspecified atom stereocenters. The third-order valence-electron chi connectivity index (χ3n) is 3.94. The third kappa shape index (κ3) is 3.07. The van der Waals surface area contributed by atoms with Gasteiger partial charge in [-0.1, -0.05) is 5.16 Å². The Morgan fingerprint density at radius 2 is 1.81 bits per heavy atom. The summed E-state index contributed by atoms with van der Waals surface area (Å²) < 4.78 is 55.0. The minimum Gasteiger partial charge on any atom is -0.345 e. The van der Waals surface area contributed by atoms with E-state index in [9.17, 15) is 17.6 Å². The summed E-state index contributed by atoms with van der Waals surface area (Å²) in [5, 5.41) is 6.38. The summed E-state index contributed by atoms with van der Waals surface area (Å²) in [5.74, 6) is -1.90. The summed E-state index contributed by atoms with van der Waals surface area (Å²) in [4.78, 5) is 15.2. The highest BCUT2D eigenvalue weighted by atomic mass is 19.4. The first-order valence-electron chi connectivity index (χ1n) is 7.48. The number of nitrogens with one attached hydrogen (secondary N) is 1. The quantitative estimate of drug-likeness (QED) is 0.709. The molecule has 1 aliphatic rings. The summed E-state index contributed by atoms with van der Waals surface area (Å²) >= 11 is 0. The van der Waals surface area contributed by atoms with Crippen LogP contribution in [0.25, 0.3) is 11.4 Å². The normalized spacial score (nSPS) is 15.7. The predicted molar refractivity (Wildman–Crippen MR) is 79.1 cm³/mol. The lowest BCUT2D eigenvalue weighted by molar-refractivity contribution is -0.159. The number of aromatic nitrogens is 5. The van der Waals surface area contributed by atoms with Crippen molar-refractivity contribution in [2.24, 2.45) is 0 Å². The predicted octanol–water partition coefficient (Wildman–Crippen LogP) is 3.18. The third-order valence-corrected chi connectivity index (χ3v) is 3.94. The van der Waals surface area contributed by atoms with Gasteiger partial charge < -0.3 is 9.84 Å². The van der Waals surface area contributed by atoms with Crippen LogP contribution in [0.3, 0.4) is 0 Å². The molecule has 0 aliphatic heterocycles. The summed E-state index contributed by atoms with van der Waals surface area (Å²) in [6.07, 6.45) is 2.03. The first kappa shape index (κ1) is 16.4. The Kier molecular flexibility index (Phi) is 3.60. The SMILES string of the molecule is Fc1cncc(C2(Nc3ncc(-c4noc(C(F)(F)F)n4)cn3)CC2)c1. The molecule has 4 rings (SSSR count). The second-order valence-electron chi connectivity index (χ2n) is 5.82. The first-order valence-corrected chi connectivity index (χ1v) is 7.48. The monoisotopic (exact) mass is 366 g/mol. The molecule has 11 heteroatoms. The molecule has 1 fully saturated rings. The van der Waals surface area contributed by atoms with Crippen molar-refractivity contribution < 1.29 is 22.1 Å². The Balaban J connectivity index is 1.53. The molecular weight excluding hydrogens is 356 g/mol. The van der Waals surface area contributed by atoms with Crippen LogP contribution in [0.5, 0.6) is 0 Å². The maximum absolute atomic E-state index is 13.4. The minimum atomic E-state index is -4.72. The van der Waals surface area contributed by atoms with Crippen molar-refractivity contribution in [2.75, 3.05) is 5.32 Å². The van der Waals surface area contributed by atoms with Crippen molar-refractivity contribution in [2.45, 2.75) is 24.6 Å². The van der Waals surface area contributed by atoms with E-state index in [1.165, 1.54) is 18.5 Å². The van der Waals surface area contributed by atoms with E-state index in [0.29, 0.717) is 5.56 Å². The Labute approximate surface area is 143 Å². The Bertz CT molecular complexity index is 936. The van der Waals surface area contributed by atoms with E-state index < -0.39 is 23.4 Å². The molecular formula is C15H10F4N6O. The van der Waals surface area contributed by atoms with Gasteiger partial charge in [-0.2, -0.15) is 18.2 Å². The lowest BCUT2D eigenvalue weighted by atomic mass is 10.1. The highest BCUT2D eigenvalue weighted by Gasteiger charge is 2.45. The van der Waals surface area contributed by atoms with E-state index in [0.717, 1.165) is 19.0 Å². The molecule has 1 saturated carbocycles. The molecule has 7 nitrogen and oxygen atoms in total. The van der Waals surface area contributed by atoms with Crippen LogP contribution in [0, 0.1) is 5.82 Å². The van der Waals surface area contributed by atoms with Gasteiger partial charge in [0.05, 0.1) is 17.3 Å². The number of nitrogens with zero attached hydrogens (tertiary/aromatic N) is 5. The van der Waals surface area contributed by atoms with E-state index >= 15 is 0 Å². The average molecular weight is 366 g/mol.